The normalized spacial score (nSPS) is 33.2. The van der Waals surface area contributed by atoms with Crippen molar-refractivity contribution in [2.75, 3.05) is 11.1 Å². The van der Waals surface area contributed by atoms with Gasteiger partial charge in [-0.1, -0.05) is 0 Å². The highest BCUT2D eigenvalue weighted by atomic mass is 16.5. The number of aromatic nitrogens is 1. The zero-order valence-corrected chi connectivity index (χ0v) is 8.52. The highest BCUT2D eigenvalue weighted by molar-refractivity contribution is 5.61. The van der Waals surface area contributed by atoms with Crippen LogP contribution >= 0.6 is 0 Å². The van der Waals surface area contributed by atoms with Gasteiger partial charge in [-0.3, -0.25) is 0 Å². The van der Waals surface area contributed by atoms with Gasteiger partial charge in [-0.2, -0.15) is 0 Å². The molecule has 0 radical (unpaired) electrons. The van der Waals surface area contributed by atoms with Crippen molar-refractivity contribution in [3.05, 3.63) is 18.3 Å². The third kappa shape index (κ3) is 1.55. The number of nitrogens with two attached hydrogens (primary N) is 1. The quantitative estimate of drug-likeness (QED) is 0.766. The van der Waals surface area contributed by atoms with Crippen LogP contribution in [0.2, 0.25) is 0 Å². The molecule has 1 aromatic rings. The first-order chi connectivity index (χ1) is 7.33. The molecule has 2 saturated heterocycles. The van der Waals surface area contributed by atoms with Crippen molar-refractivity contribution in [3.8, 4) is 0 Å². The maximum atomic E-state index is 5.78. The molecule has 4 heteroatoms. The Labute approximate surface area is 88.8 Å². The standard InChI is InChI=1S/C11H15N3O/c12-11-8(2-1-5-13-11)14-9-6-7-3-4-10(9)15-7/h1-2,5,7,9-10,14H,3-4,6H2,(H2,12,13). The van der Waals surface area contributed by atoms with Gasteiger partial charge in [0.25, 0.3) is 0 Å². The van der Waals surface area contributed by atoms with Crippen LogP contribution in [0.3, 0.4) is 0 Å². The summed E-state index contributed by atoms with van der Waals surface area (Å²) in [7, 11) is 0. The molecule has 3 heterocycles. The smallest absolute Gasteiger partial charge is 0.146 e. The van der Waals surface area contributed by atoms with Gasteiger partial charge in [0.1, 0.15) is 5.82 Å². The molecule has 80 valence electrons. The summed E-state index contributed by atoms with van der Waals surface area (Å²) in [6.07, 6.45) is 6.02. The molecule has 3 N–H and O–H groups in total. The van der Waals surface area contributed by atoms with E-state index in [0.717, 1.165) is 12.1 Å². The Hall–Kier alpha value is -1.29. The van der Waals surface area contributed by atoms with Crippen molar-refractivity contribution in [3.63, 3.8) is 0 Å². The molecular formula is C11H15N3O. The SMILES string of the molecule is Nc1ncccc1NC1CC2CCC1O2. The van der Waals surface area contributed by atoms with Gasteiger partial charge in [0.2, 0.25) is 0 Å². The summed E-state index contributed by atoms with van der Waals surface area (Å²) in [5.41, 5.74) is 6.71. The summed E-state index contributed by atoms with van der Waals surface area (Å²) >= 11 is 0. The first kappa shape index (κ1) is 8.97. The van der Waals surface area contributed by atoms with E-state index >= 15 is 0 Å². The lowest BCUT2D eigenvalue weighted by molar-refractivity contribution is 0.102. The van der Waals surface area contributed by atoms with E-state index in [2.05, 4.69) is 10.3 Å². The van der Waals surface area contributed by atoms with E-state index < -0.39 is 0 Å². The fourth-order valence-corrected chi connectivity index (χ4v) is 2.53. The molecule has 2 bridgehead atoms. The molecule has 2 aliphatic heterocycles. The van der Waals surface area contributed by atoms with Crippen molar-refractivity contribution in [1.29, 1.82) is 0 Å². The van der Waals surface area contributed by atoms with Crippen molar-refractivity contribution in [2.24, 2.45) is 0 Å². The molecule has 3 unspecified atom stereocenters. The predicted molar refractivity (Wildman–Crippen MR) is 58.6 cm³/mol. The van der Waals surface area contributed by atoms with Gasteiger partial charge < -0.3 is 15.8 Å². The third-order valence-corrected chi connectivity index (χ3v) is 3.29. The Morgan fingerprint density at radius 1 is 1.47 bits per heavy atom. The molecule has 3 rings (SSSR count). The van der Waals surface area contributed by atoms with E-state index in [1.54, 1.807) is 6.20 Å². The van der Waals surface area contributed by atoms with E-state index in [1.165, 1.54) is 12.8 Å². The van der Waals surface area contributed by atoms with Crippen LogP contribution in [0.4, 0.5) is 11.5 Å². The van der Waals surface area contributed by atoms with Crippen molar-refractivity contribution < 1.29 is 4.74 Å². The minimum absolute atomic E-state index is 0.370. The summed E-state index contributed by atoms with van der Waals surface area (Å²) in [5, 5.41) is 3.43. The molecule has 15 heavy (non-hydrogen) atoms. The molecule has 0 spiro atoms. The number of hydrogen-bond donors (Lipinski definition) is 2. The summed E-state index contributed by atoms with van der Waals surface area (Å²) in [5.74, 6) is 0.570. The van der Waals surface area contributed by atoms with Crippen LogP contribution < -0.4 is 11.1 Å². The molecular weight excluding hydrogens is 190 g/mol. The molecule has 0 aromatic carbocycles. The first-order valence-electron chi connectivity index (χ1n) is 5.45. The summed E-state index contributed by atoms with van der Waals surface area (Å²) in [4.78, 5) is 4.06. The third-order valence-electron chi connectivity index (χ3n) is 3.29. The minimum Gasteiger partial charge on any atom is -0.382 e. The predicted octanol–water partition coefficient (Wildman–Crippen LogP) is 1.40. The summed E-state index contributed by atoms with van der Waals surface area (Å²) < 4.78 is 5.77. The van der Waals surface area contributed by atoms with Gasteiger partial charge in [0, 0.05) is 6.20 Å². The summed E-state index contributed by atoms with van der Waals surface area (Å²) in [6, 6.07) is 4.27. The van der Waals surface area contributed by atoms with E-state index in [0.29, 0.717) is 24.1 Å². The van der Waals surface area contributed by atoms with E-state index in [-0.39, 0.29) is 0 Å². The zero-order chi connectivity index (χ0) is 10.3. The zero-order valence-electron chi connectivity index (χ0n) is 8.52. The second kappa shape index (κ2) is 3.38. The number of nitrogens with one attached hydrogen (secondary N) is 1. The fourth-order valence-electron chi connectivity index (χ4n) is 2.53. The number of fused-ring (bicyclic) bond motifs is 2. The Kier molecular flexibility index (Phi) is 2.02. The van der Waals surface area contributed by atoms with Crippen LogP contribution in [0.1, 0.15) is 19.3 Å². The van der Waals surface area contributed by atoms with Crippen LogP contribution in [0.25, 0.3) is 0 Å². The van der Waals surface area contributed by atoms with Crippen molar-refractivity contribution >= 4 is 11.5 Å². The molecule has 1 aromatic heterocycles. The average Bonchev–Trinajstić information content (AvgIpc) is 2.83. The number of nitrogen functional groups attached to an aromatic ring is 1. The number of hydrogen-bond acceptors (Lipinski definition) is 4. The van der Waals surface area contributed by atoms with Gasteiger partial charge >= 0.3 is 0 Å². The minimum atomic E-state index is 0.370. The molecule has 2 fully saturated rings. The number of ether oxygens (including phenoxy) is 1. The molecule has 0 amide bonds. The number of rotatable bonds is 2. The Bertz CT molecular complexity index is 369. The van der Waals surface area contributed by atoms with Gasteiger partial charge in [0.15, 0.2) is 0 Å². The van der Waals surface area contributed by atoms with Crippen LogP contribution in [0.15, 0.2) is 18.3 Å². The van der Waals surface area contributed by atoms with Gasteiger partial charge in [-0.25, -0.2) is 4.98 Å². The van der Waals surface area contributed by atoms with Gasteiger partial charge in [0.05, 0.1) is 23.9 Å². The molecule has 2 aliphatic rings. The van der Waals surface area contributed by atoms with Crippen molar-refractivity contribution in [2.45, 2.75) is 37.5 Å². The van der Waals surface area contributed by atoms with Crippen LogP contribution in [0, 0.1) is 0 Å². The first-order valence-corrected chi connectivity index (χ1v) is 5.45. The lowest BCUT2D eigenvalue weighted by atomic mass is 9.95. The molecule has 3 atom stereocenters. The molecule has 0 saturated carbocycles. The number of anilines is 2. The Morgan fingerprint density at radius 3 is 3.07 bits per heavy atom. The van der Waals surface area contributed by atoms with E-state index in [4.69, 9.17) is 10.5 Å². The molecule has 0 aliphatic carbocycles. The maximum absolute atomic E-state index is 5.78. The van der Waals surface area contributed by atoms with Gasteiger partial charge in [-0.15, -0.1) is 0 Å². The topological polar surface area (TPSA) is 60.2 Å². The number of pyridine rings is 1. The average molecular weight is 205 g/mol. The highest BCUT2D eigenvalue weighted by Gasteiger charge is 2.40. The maximum Gasteiger partial charge on any atom is 0.146 e. The van der Waals surface area contributed by atoms with Gasteiger partial charge in [-0.05, 0) is 31.4 Å². The Balaban J connectivity index is 1.73. The van der Waals surface area contributed by atoms with Crippen molar-refractivity contribution in [1.82, 2.24) is 4.98 Å². The van der Waals surface area contributed by atoms with Crippen LogP contribution in [-0.4, -0.2) is 23.2 Å². The monoisotopic (exact) mass is 205 g/mol. The van der Waals surface area contributed by atoms with E-state index in [9.17, 15) is 0 Å². The van der Waals surface area contributed by atoms with E-state index in [1.807, 2.05) is 12.1 Å². The number of nitrogens with zero attached hydrogens (tertiary/aromatic N) is 1. The second-order valence-electron chi connectivity index (χ2n) is 4.30. The lowest BCUT2D eigenvalue weighted by Gasteiger charge is -2.21. The lowest BCUT2D eigenvalue weighted by Crippen LogP contribution is -2.30. The fraction of sp³-hybridized carbons (Fsp3) is 0.545. The molecule has 4 nitrogen and oxygen atoms in total. The summed E-state index contributed by atoms with van der Waals surface area (Å²) in [6.45, 7) is 0. The van der Waals surface area contributed by atoms with Crippen LogP contribution in [-0.2, 0) is 4.74 Å². The highest BCUT2D eigenvalue weighted by Crippen LogP contribution is 2.36. The second-order valence-corrected chi connectivity index (χ2v) is 4.30. The largest absolute Gasteiger partial charge is 0.382 e. The van der Waals surface area contributed by atoms with Crippen LogP contribution in [0.5, 0.6) is 0 Å². The Morgan fingerprint density at radius 2 is 2.40 bits per heavy atom.